The number of carbonyl (C=O) groups is 1. The van der Waals surface area contributed by atoms with Crippen molar-refractivity contribution in [3.8, 4) is 0 Å². The van der Waals surface area contributed by atoms with Crippen LogP contribution in [0.15, 0.2) is 15.8 Å². The van der Waals surface area contributed by atoms with Crippen molar-refractivity contribution >= 4 is 22.9 Å². The predicted molar refractivity (Wildman–Crippen MR) is 101 cm³/mol. The molecular weight excluding hydrogens is 350 g/mol. The number of ether oxygens (including phenoxy) is 1. The normalized spacial score (nSPS) is 12.8. The maximum atomic E-state index is 13.0. The SMILES string of the molecule is CCOC(=O)CCn1c(=O)c2c(nc3n(C(C)CC)c(C)cn23)n(C)c1=O. The lowest BCUT2D eigenvalue weighted by molar-refractivity contribution is -0.143. The molecule has 0 aliphatic carbocycles. The number of hydrogen-bond donors (Lipinski definition) is 0. The summed E-state index contributed by atoms with van der Waals surface area (Å²) in [5.41, 5.74) is 0.709. The average Bonchev–Trinajstić information content (AvgIpc) is 3.14. The van der Waals surface area contributed by atoms with E-state index in [-0.39, 0.29) is 25.6 Å². The van der Waals surface area contributed by atoms with E-state index in [1.54, 1.807) is 18.4 Å². The number of imidazole rings is 2. The number of esters is 1. The molecule has 3 aromatic rings. The lowest BCUT2D eigenvalue weighted by atomic mass is 10.2. The Bertz CT molecular complexity index is 1130. The molecule has 0 saturated carbocycles. The first kappa shape index (κ1) is 18.9. The van der Waals surface area contributed by atoms with Crippen LogP contribution in [0, 0.1) is 6.92 Å². The number of nitrogens with zero attached hydrogens (tertiary/aromatic N) is 5. The van der Waals surface area contributed by atoms with Crippen LogP contribution in [0.25, 0.3) is 16.9 Å². The second-order valence-corrected chi connectivity index (χ2v) is 6.71. The fourth-order valence-corrected chi connectivity index (χ4v) is 3.39. The number of hydrogen-bond acceptors (Lipinski definition) is 5. The fraction of sp³-hybridized carbons (Fsp3) is 0.556. The van der Waals surface area contributed by atoms with Crippen molar-refractivity contribution in [2.75, 3.05) is 6.61 Å². The van der Waals surface area contributed by atoms with Crippen LogP contribution >= 0.6 is 0 Å². The Hall–Kier alpha value is -2.84. The largest absolute Gasteiger partial charge is 0.466 e. The second-order valence-electron chi connectivity index (χ2n) is 6.71. The van der Waals surface area contributed by atoms with Crippen LogP contribution < -0.4 is 11.2 Å². The zero-order valence-electron chi connectivity index (χ0n) is 16.4. The highest BCUT2D eigenvalue weighted by Crippen LogP contribution is 2.22. The van der Waals surface area contributed by atoms with Gasteiger partial charge in [0, 0.05) is 31.5 Å². The maximum absolute atomic E-state index is 13.0. The van der Waals surface area contributed by atoms with Crippen molar-refractivity contribution in [3.63, 3.8) is 0 Å². The Balaban J connectivity index is 2.23. The third kappa shape index (κ3) is 2.96. The van der Waals surface area contributed by atoms with Crippen LogP contribution in [0.1, 0.15) is 45.3 Å². The van der Waals surface area contributed by atoms with Gasteiger partial charge < -0.3 is 9.30 Å². The van der Waals surface area contributed by atoms with E-state index < -0.39 is 17.2 Å². The van der Waals surface area contributed by atoms with Gasteiger partial charge >= 0.3 is 11.7 Å². The van der Waals surface area contributed by atoms with Crippen molar-refractivity contribution in [1.82, 2.24) is 23.1 Å². The summed E-state index contributed by atoms with van der Waals surface area (Å²) in [6.45, 7) is 8.08. The van der Waals surface area contributed by atoms with Gasteiger partial charge in [-0.2, -0.15) is 4.98 Å². The van der Waals surface area contributed by atoms with E-state index in [1.165, 1.54) is 4.57 Å². The van der Waals surface area contributed by atoms with E-state index in [0.717, 1.165) is 16.7 Å². The number of rotatable bonds is 6. The van der Waals surface area contributed by atoms with Crippen LogP contribution in [0.2, 0.25) is 0 Å². The van der Waals surface area contributed by atoms with Gasteiger partial charge in [-0.15, -0.1) is 0 Å². The van der Waals surface area contributed by atoms with Crippen LogP contribution in [-0.4, -0.2) is 35.7 Å². The quantitative estimate of drug-likeness (QED) is 0.607. The van der Waals surface area contributed by atoms with Crippen LogP contribution in [0.4, 0.5) is 0 Å². The molecule has 0 aliphatic rings. The van der Waals surface area contributed by atoms with E-state index in [2.05, 4.69) is 23.4 Å². The smallest absolute Gasteiger partial charge is 0.332 e. The molecule has 0 radical (unpaired) electrons. The summed E-state index contributed by atoms with van der Waals surface area (Å²) in [6.07, 6.45) is 2.73. The summed E-state index contributed by atoms with van der Waals surface area (Å²) in [5.74, 6) is 0.191. The van der Waals surface area contributed by atoms with Gasteiger partial charge in [0.15, 0.2) is 11.2 Å². The Morgan fingerprint density at radius 3 is 2.63 bits per heavy atom. The minimum absolute atomic E-state index is 0.0292. The van der Waals surface area contributed by atoms with Gasteiger partial charge in [0.05, 0.1) is 13.0 Å². The number of carbonyl (C=O) groups excluding carboxylic acids is 1. The molecule has 0 saturated heterocycles. The molecule has 0 aliphatic heterocycles. The molecule has 3 aromatic heterocycles. The summed E-state index contributed by atoms with van der Waals surface area (Å²) in [7, 11) is 1.58. The van der Waals surface area contributed by atoms with Gasteiger partial charge in [-0.1, -0.05) is 6.92 Å². The third-order valence-corrected chi connectivity index (χ3v) is 4.95. The minimum Gasteiger partial charge on any atom is -0.466 e. The van der Waals surface area contributed by atoms with Crippen molar-refractivity contribution in [3.05, 3.63) is 32.7 Å². The van der Waals surface area contributed by atoms with E-state index in [9.17, 15) is 14.4 Å². The number of fused-ring (bicyclic) bond motifs is 3. The molecule has 9 nitrogen and oxygen atoms in total. The average molecular weight is 375 g/mol. The van der Waals surface area contributed by atoms with Gasteiger partial charge in [0.1, 0.15) is 0 Å². The molecular formula is C18H25N5O4. The Morgan fingerprint density at radius 2 is 2.00 bits per heavy atom. The predicted octanol–water partition coefficient (Wildman–Crippen LogP) is 1.38. The molecule has 0 amide bonds. The monoisotopic (exact) mass is 375 g/mol. The van der Waals surface area contributed by atoms with Gasteiger partial charge in [0.2, 0.25) is 5.78 Å². The molecule has 3 rings (SSSR count). The molecule has 0 N–H and O–H groups in total. The first-order valence-electron chi connectivity index (χ1n) is 9.16. The molecule has 0 aromatic carbocycles. The molecule has 0 bridgehead atoms. The van der Waals surface area contributed by atoms with E-state index in [0.29, 0.717) is 16.9 Å². The highest BCUT2D eigenvalue weighted by molar-refractivity contribution is 5.76. The summed E-state index contributed by atoms with van der Waals surface area (Å²) in [6, 6.07) is 0.211. The van der Waals surface area contributed by atoms with Crippen molar-refractivity contribution in [2.24, 2.45) is 7.05 Å². The Kier molecular flexibility index (Phi) is 4.95. The van der Waals surface area contributed by atoms with E-state index >= 15 is 0 Å². The first-order chi connectivity index (χ1) is 12.8. The van der Waals surface area contributed by atoms with Crippen molar-refractivity contribution in [2.45, 2.75) is 53.1 Å². The summed E-state index contributed by atoms with van der Waals surface area (Å²) in [4.78, 5) is 41.9. The second kappa shape index (κ2) is 7.05. The topological polar surface area (TPSA) is 92.5 Å². The van der Waals surface area contributed by atoms with Gasteiger partial charge in [-0.05, 0) is 27.2 Å². The van der Waals surface area contributed by atoms with Gasteiger partial charge in [0.25, 0.3) is 5.56 Å². The zero-order chi connectivity index (χ0) is 19.9. The summed E-state index contributed by atoms with van der Waals surface area (Å²) in [5, 5.41) is 0. The van der Waals surface area contributed by atoms with Gasteiger partial charge in [-0.3, -0.25) is 23.1 Å². The molecule has 1 unspecified atom stereocenters. The van der Waals surface area contributed by atoms with Crippen molar-refractivity contribution < 1.29 is 9.53 Å². The molecule has 3 heterocycles. The molecule has 146 valence electrons. The van der Waals surface area contributed by atoms with Crippen LogP contribution in [0.5, 0.6) is 0 Å². The van der Waals surface area contributed by atoms with Crippen LogP contribution in [-0.2, 0) is 23.1 Å². The van der Waals surface area contributed by atoms with E-state index in [4.69, 9.17) is 4.74 Å². The van der Waals surface area contributed by atoms with E-state index in [1.807, 2.05) is 13.1 Å². The molecule has 1 atom stereocenters. The highest BCUT2D eigenvalue weighted by Gasteiger charge is 2.21. The number of aromatic nitrogens is 5. The number of aryl methyl sites for hydroxylation is 2. The lowest BCUT2D eigenvalue weighted by Crippen LogP contribution is -2.39. The lowest BCUT2D eigenvalue weighted by Gasteiger charge is -2.12. The van der Waals surface area contributed by atoms with Gasteiger partial charge in [-0.25, -0.2) is 4.79 Å². The zero-order valence-corrected chi connectivity index (χ0v) is 16.4. The molecule has 0 spiro atoms. The molecule has 9 heteroatoms. The molecule has 27 heavy (non-hydrogen) atoms. The summed E-state index contributed by atoms with van der Waals surface area (Å²) < 4.78 is 11.1. The Morgan fingerprint density at radius 1 is 1.30 bits per heavy atom. The maximum Gasteiger partial charge on any atom is 0.332 e. The third-order valence-electron chi connectivity index (χ3n) is 4.95. The highest BCUT2D eigenvalue weighted by atomic mass is 16.5. The van der Waals surface area contributed by atoms with Crippen molar-refractivity contribution in [1.29, 1.82) is 0 Å². The standard InChI is InChI=1S/C18H25N5O4/c1-6-11(3)23-12(4)10-22-14-15(19-17(22)23)20(5)18(26)21(16(14)25)9-8-13(24)27-7-2/h10-11H,6-9H2,1-5H3. The summed E-state index contributed by atoms with van der Waals surface area (Å²) >= 11 is 0. The minimum atomic E-state index is -0.496. The Labute approximate surface area is 155 Å². The molecule has 0 fully saturated rings. The van der Waals surface area contributed by atoms with Crippen LogP contribution in [0.3, 0.4) is 0 Å². The fourth-order valence-electron chi connectivity index (χ4n) is 3.39. The first-order valence-corrected chi connectivity index (χ1v) is 9.16.